The van der Waals surface area contributed by atoms with Gasteiger partial charge in [0.05, 0.1) is 6.04 Å². The van der Waals surface area contributed by atoms with Crippen LogP contribution in [0.4, 0.5) is 8.78 Å². The molecule has 0 saturated carbocycles. The summed E-state index contributed by atoms with van der Waals surface area (Å²) in [6.07, 6.45) is 3.05. The van der Waals surface area contributed by atoms with E-state index in [1.807, 2.05) is 16.8 Å². The first-order chi connectivity index (χ1) is 12.2. The minimum atomic E-state index is -0.823. The van der Waals surface area contributed by atoms with Crippen molar-refractivity contribution in [3.63, 3.8) is 0 Å². The summed E-state index contributed by atoms with van der Waals surface area (Å²) in [5, 5.41) is 12.3. The largest absolute Gasteiger partial charge is 0.419 e. The van der Waals surface area contributed by atoms with Crippen LogP contribution in [0.2, 0.25) is 0 Å². The van der Waals surface area contributed by atoms with Gasteiger partial charge in [-0.15, -0.1) is 10.2 Å². The van der Waals surface area contributed by atoms with Crippen molar-refractivity contribution < 1.29 is 13.2 Å². The van der Waals surface area contributed by atoms with Gasteiger partial charge in [-0.25, -0.2) is 8.78 Å². The highest BCUT2D eigenvalue weighted by atomic mass is 32.1. The van der Waals surface area contributed by atoms with E-state index >= 15 is 0 Å². The Morgan fingerprint density at radius 1 is 1.16 bits per heavy atom. The summed E-state index contributed by atoms with van der Waals surface area (Å²) >= 11 is 1.58. The van der Waals surface area contributed by atoms with Gasteiger partial charge in [0.15, 0.2) is 11.6 Å². The van der Waals surface area contributed by atoms with Crippen molar-refractivity contribution in [1.82, 2.24) is 15.1 Å². The average molecular weight is 361 g/mol. The van der Waals surface area contributed by atoms with E-state index in [1.165, 1.54) is 12.1 Å². The topological polar surface area (TPSA) is 42.2 Å². The molecule has 1 atom stereocenters. The Kier molecular flexibility index (Phi) is 4.59. The standard InChI is InChI=1S/C18H17F2N3OS/c19-14-5-4-12(9-15(14)20)10-23-7-2-1-3-16(23)18-22-21-17(24-18)13-6-8-25-11-13/h4-6,8-9,11,16H,1-3,7,10H2/t16-/m1/s1. The molecule has 3 aromatic rings. The van der Waals surface area contributed by atoms with Crippen LogP contribution in [0.1, 0.15) is 36.8 Å². The first kappa shape index (κ1) is 16.4. The molecule has 7 heteroatoms. The quantitative estimate of drug-likeness (QED) is 0.669. The molecule has 1 aromatic carbocycles. The number of hydrogen-bond donors (Lipinski definition) is 0. The van der Waals surface area contributed by atoms with Crippen LogP contribution in [0.25, 0.3) is 11.5 Å². The fourth-order valence-electron chi connectivity index (χ4n) is 3.20. The predicted molar refractivity (Wildman–Crippen MR) is 91.0 cm³/mol. The number of aromatic nitrogens is 2. The van der Waals surface area contributed by atoms with Crippen LogP contribution >= 0.6 is 11.3 Å². The molecule has 25 heavy (non-hydrogen) atoms. The zero-order chi connectivity index (χ0) is 17.2. The summed E-state index contributed by atoms with van der Waals surface area (Å²) in [5.41, 5.74) is 1.66. The maximum absolute atomic E-state index is 13.5. The Morgan fingerprint density at radius 3 is 2.88 bits per heavy atom. The molecular formula is C18H17F2N3OS. The number of thiophene rings is 1. The molecule has 4 rings (SSSR count). The van der Waals surface area contributed by atoms with Crippen molar-refractivity contribution >= 4 is 11.3 Å². The van der Waals surface area contributed by atoms with Gasteiger partial charge in [0.2, 0.25) is 11.8 Å². The smallest absolute Gasteiger partial charge is 0.248 e. The average Bonchev–Trinajstić information content (AvgIpc) is 3.30. The second-order valence-electron chi connectivity index (χ2n) is 6.19. The fraction of sp³-hybridized carbons (Fsp3) is 0.333. The Balaban J connectivity index is 1.55. The zero-order valence-corrected chi connectivity index (χ0v) is 14.3. The van der Waals surface area contributed by atoms with E-state index in [1.54, 1.807) is 17.4 Å². The van der Waals surface area contributed by atoms with Crippen molar-refractivity contribution in [2.45, 2.75) is 31.8 Å². The molecule has 130 valence electrons. The molecule has 4 nitrogen and oxygen atoms in total. The fourth-order valence-corrected chi connectivity index (χ4v) is 3.83. The minimum absolute atomic E-state index is 0.00162. The summed E-state index contributed by atoms with van der Waals surface area (Å²) in [4.78, 5) is 2.20. The lowest BCUT2D eigenvalue weighted by Crippen LogP contribution is -2.33. The highest BCUT2D eigenvalue weighted by Gasteiger charge is 2.29. The molecule has 0 unspecified atom stereocenters. The van der Waals surface area contributed by atoms with E-state index in [2.05, 4.69) is 15.1 Å². The Bertz CT molecular complexity index is 850. The highest BCUT2D eigenvalue weighted by molar-refractivity contribution is 7.08. The third-order valence-corrected chi connectivity index (χ3v) is 5.16. The maximum Gasteiger partial charge on any atom is 0.248 e. The molecule has 1 aliphatic rings. The van der Waals surface area contributed by atoms with Gasteiger partial charge in [0.1, 0.15) is 0 Å². The number of rotatable bonds is 4. The molecular weight excluding hydrogens is 344 g/mol. The lowest BCUT2D eigenvalue weighted by molar-refractivity contribution is 0.118. The molecule has 0 N–H and O–H groups in total. The van der Waals surface area contributed by atoms with Crippen LogP contribution < -0.4 is 0 Å². The number of piperidine rings is 1. The van der Waals surface area contributed by atoms with Gasteiger partial charge in [-0.3, -0.25) is 4.90 Å². The van der Waals surface area contributed by atoms with E-state index in [0.29, 0.717) is 18.3 Å². The summed E-state index contributed by atoms with van der Waals surface area (Å²) in [5.74, 6) is -0.530. The van der Waals surface area contributed by atoms with Gasteiger partial charge in [0, 0.05) is 17.5 Å². The first-order valence-corrected chi connectivity index (χ1v) is 9.19. The predicted octanol–water partition coefficient (Wildman–Crippen LogP) is 4.80. The van der Waals surface area contributed by atoms with Gasteiger partial charge < -0.3 is 4.42 Å². The number of hydrogen-bond acceptors (Lipinski definition) is 5. The van der Waals surface area contributed by atoms with E-state index < -0.39 is 11.6 Å². The molecule has 0 bridgehead atoms. The minimum Gasteiger partial charge on any atom is -0.419 e. The van der Waals surface area contributed by atoms with Crippen molar-refractivity contribution in [2.24, 2.45) is 0 Å². The van der Waals surface area contributed by atoms with Crippen molar-refractivity contribution in [2.75, 3.05) is 6.54 Å². The number of halogens is 2. The second kappa shape index (κ2) is 7.01. The molecule has 0 radical (unpaired) electrons. The van der Waals surface area contributed by atoms with Crippen molar-refractivity contribution in [3.05, 3.63) is 58.1 Å². The summed E-state index contributed by atoms with van der Waals surface area (Å²) < 4.78 is 32.5. The van der Waals surface area contributed by atoms with E-state index in [4.69, 9.17) is 4.42 Å². The maximum atomic E-state index is 13.5. The Hall–Kier alpha value is -2.12. The zero-order valence-electron chi connectivity index (χ0n) is 13.5. The number of likely N-dealkylation sites (tertiary alicyclic amines) is 1. The highest BCUT2D eigenvalue weighted by Crippen LogP contribution is 2.33. The molecule has 1 saturated heterocycles. The Morgan fingerprint density at radius 2 is 2.08 bits per heavy atom. The number of nitrogens with zero attached hydrogens (tertiary/aromatic N) is 3. The van der Waals surface area contributed by atoms with Crippen LogP contribution in [0.15, 0.2) is 39.4 Å². The number of benzene rings is 1. The van der Waals surface area contributed by atoms with Crippen LogP contribution in [-0.4, -0.2) is 21.6 Å². The normalized spacial score (nSPS) is 18.6. The van der Waals surface area contributed by atoms with Gasteiger partial charge in [-0.05, 0) is 48.5 Å². The lowest BCUT2D eigenvalue weighted by Gasteiger charge is -2.33. The first-order valence-electron chi connectivity index (χ1n) is 8.24. The molecule has 0 amide bonds. The summed E-state index contributed by atoms with van der Waals surface area (Å²) in [6, 6.07) is 5.99. The van der Waals surface area contributed by atoms with Gasteiger partial charge >= 0.3 is 0 Å². The lowest BCUT2D eigenvalue weighted by atomic mass is 10.0. The molecule has 0 spiro atoms. The SMILES string of the molecule is Fc1ccc(CN2CCCC[C@@H]2c2nnc(-c3ccsc3)o2)cc1F. The Labute approximate surface area is 148 Å². The third-order valence-electron chi connectivity index (χ3n) is 4.48. The van der Waals surface area contributed by atoms with Crippen LogP contribution in [0.5, 0.6) is 0 Å². The monoisotopic (exact) mass is 361 g/mol. The van der Waals surface area contributed by atoms with E-state index in [0.717, 1.165) is 36.9 Å². The van der Waals surface area contributed by atoms with Gasteiger partial charge in [-0.2, -0.15) is 11.3 Å². The third kappa shape index (κ3) is 3.48. The van der Waals surface area contributed by atoms with E-state index in [-0.39, 0.29) is 6.04 Å². The van der Waals surface area contributed by atoms with E-state index in [9.17, 15) is 8.78 Å². The molecule has 1 aliphatic heterocycles. The van der Waals surface area contributed by atoms with Crippen LogP contribution in [0, 0.1) is 11.6 Å². The van der Waals surface area contributed by atoms with Crippen LogP contribution in [-0.2, 0) is 6.54 Å². The van der Waals surface area contributed by atoms with Crippen molar-refractivity contribution in [3.8, 4) is 11.5 Å². The van der Waals surface area contributed by atoms with Gasteiger partial charge in [0.25, 0.3) is 0 Å². The summed E-state index contributed by atoms with van der Waals surface area (Å²) in [6.45, 7) is 1.39. The van der Waals surface area contributed by atoms with Crippen molar-refractivity contribution in [1.29, 1.82) is 0 Å². The van der Waals surface area contributed by atoms with Crippen LogP contribution in [0.3, 0.4) is 0 Å². The van der Waals surface area contributed by atoms with Gasteiger partial charge in [-0.1, -0.05) is 12.5 Å². The summed E-state index contributed by atoms with van der Waals surface area (Å²) in [7, 11) is 0. The molecule has 2 aromatic heterocycles. The molecule has 0 aliphatic carbocycles. The molecule has 3 heterocycles. The molecule has 1 fully saturated rings. The second-order valence-corrected chi connectivity index (χ2v) is 6.97.